The molecule has 3 rings (SSSR count). The highest BCUT2D eigenvalue weighted by Crippen LogP contribution is 2.22. The fourth-order valence-electron chi connectivity index (χ4n) is 3.55. The number of amides is 1. The van der Waals surface area contributed by atoms with Gasteiger partial charge in [-0.3, -0.25) is 9.69 Å². The number of morpholine rings is 1. The Bertz CT molecular complexity index is 540. The van der Waals surface area contributed by atoms with Gasteiger partial charge in [-0.05, 0) is 19.3 Å². The van der Waals surface area contributed by atoms with Crippen molar-refractivity contribution in [1.82, 2.24) is 24.8 Å². The summed E-state index contributed by atoms with van der Waals surface area (Å²) in [6.07, 6.45) is 4.96. The van der Waals surface area contributed by atoms with Crippen LogP contribution in [0, 0.1) is 0 Å². The summed E-state index contributed by atoms with van der Waals surface area (Å²) in [5.41, 5.74) is 6.44. The molecule has 1 aromatic rings. The van der Waals surface area contributed by atoms with Gasteiger partial charge in [0.25, 0.3) is 0 Å². The normalized spacial score (nSPS) is 23.6. The first-order chi connectivity index (χ1) is 11.7. The first-order valence-corrected chi connectivity index (χ1v) is 8.91. The first kappa shape index (κ1) is 17.3. The monoisotopic (exact) mass is 336 g/mol. The molecule has 2 aliphatic rings. The minimum Gasteiger partial charge on any atom is -0.378 e. The number of ether oxygens (including phenoxy) is 1. The second-order valence-electron chi connectivity index (χ2n) is 6.61. The number of piperidine rings is 1. The summed E-state index contributed by atoms with van der Waals surface area (Å²) in [5.74, 6) is 0.0330. The van der Waals surface area contributed by atoms with Gasteiger partial charge in [-0.25, -0.2) is 4.68 Å². The van der Waals surface area contributed by atoms with E-state index in [1.807, 2.05) is 9.58 Å². The lowest BCUT2D eigenvalue weighted by Crippen LogP contribution is -2.44. The van der Waals surface area contributed by atoms with Crippen LogP contribution in [0.2, 0.25) is 0 Å². The molecule has 0 spiro atoms. The molecule has 0 aromatic carbocycles. The van der Waals surface area contributed by atoms with Gasteiger partial charge in [-0.2, -0.15) is 0 Å². The molecule has 8 heteroatoms. The van der Waals surface area contributed by atoms with Crippen LogP contribution >= 0.6 is 0 Å². The second-order valence-corrected chi connectivity index (χ2v) is 6.61. The standard InChI is InChI=1S/C16H28N6O2/c1-2-14-12-24-8-7-21(14)10-13-11-22(19-18-13)15-3-5-20(6-4-15)16(23)9-17/h11,14-15H,2-10,12,17H2,1H3. The van der Waals surface area contributed by atoms with Crippen LogP contribution in [-0.4, -0.2) is 76.1 Å². The molecule has 1 unspecified atom stereocenters. The van der Waals surface area contributed by atoms with E-state index >= 15 is 0 Å². The van der Waals surface area contributed by atoms with Crippen LogP contribution in [0.1, 0.15) is 37.9 Å². The molecule has 1 aromatic heterocycles. The zero-order valence-electron chi connectivity index (χ0n) is 14.4. The van der Waals surface area contributed by atoms with Crippen LogP contribution in [0.3, 0.4) is 0 Å². The van der Waals surface area contributed by atoms with Crippen molar-refractivity contribution >= 4 is 5.91 Å². The van der Waals surface area contributed by atoms with Gasteiger partial charge in [0, 0.05) is 32.2 Å². The van der Waals surface area contributed by atoms with E-state index in [1.165, 1.54) is 0 Å². The molecule has 2 saturated heterocycles. The van der Waals surface area contributed by atoms with Crippen molar-refractivity contribution in [3.05, 3.63) is 11.9 Å². The molecule has 3 heterocycles. The Kier molecular flexibility index (Phi) is 5.80. The van der Waals surface area contributed by atoms with E-state index in [-0.39, 0.29) is 12.5 Å². The Labute approximate surface area is 142 Å². The van der Waals surface area contributed by atoms with Gasteiger partial charge in [0.05, 0.1) is 37.7 Å². The molecule has 0 aliphatic carbocycles. The number of rotatable bonds is 5. The van der Waals surface area contributed by atoms with Crippen molar-refractivity contribution in [3.63, 3.8) is 0 Å². The van der Waals surface area contributed by atoms with Crippen LogP contribution in [0.25, 0.3) is 0 Å². The van der Waals surface area contributed by atoms with Crippen molar-refractivity contribution in [1.29, 1.82) is 0 Å². The predicted octanol–water partition coefficient (Wildman–Crippen LogP) is 0.0111. The maximum absolute atomic E-state index is 11.6. The second kappa shape index (κ2) is 8.04. The number of nitrogens with two attached hydrogens (primary N) is 1. The van der Waals surface area contributed by atoms with Crippen molar-refractivity contribution in [2.24, 2.45) is 5.73 Å². The number of hydrogen-bond acceptors (Lipinski definition) is 6. The highest BCUT2D eigenvalue weighted by atomic mass is 16.5. The molecule has 0 radical (unpaired) electrons. The zero-order valence-corrected chi connectivity index (χ0v) is 14.4. The lowest BCUT2D eigenvalue weighted by atomic mass is 10.1. The van der Waals surface area contributed by atoms with Crippen LogP contribution < -0.4 is 5.73 Å². The number of aromatic nitrogens is 3. The molecule has 2 fully saturated rings. The topological polar surface area (TPSA) is 89.5 Å². The molecular formula is C16H28N6O2. The summed E-state index contributed by atoms with van der Waals surface area (Å²) < 4.78 is 7.53. The van der Waals surface area contributed by atoms with Crippen LogP contribution in [0.5, 0.6) is 0 Å². The maximum atomic E-state index is 11.6. The third-order valence-corrected chi connectivity index (χ3v) is 5.11. The van der Waals surface area contributed by atoms with Gasteiger partial charge >= 0.3 is 0 Å². The number of nitrogens with zero attached hydrogens (tertiary/aromatic N) is 5. The van der Waals surface area contributed by atoms with Crippen LogP contribution in [0.15, 0.2) is 6.20 Å². The van der Waals surface area contributed by atoms with E-state index in [9.17, 15) is 4.79 Å². The number of likely N-dealkylation sites (tertiary alicyclic amines) is 1. The lowest BCUT2D eigenvalue weighted by Gasteiger charge is -2.34. The quantitative estimate of drug-likeness (QED) is 0.815. The number of carbonyl (C=O) groups is 1. The summed E-state index contributed by atoms with van der Waals surface area (Å²) in [5, 5.41) is 8.68. The average molecular weight is 336 g/mol. The minimum absolute atomic E-state index is 0.0330. The molecular weight excluding hydrogens is 308 g/mol. The van der Waals surface area contributed by atoms with E-state index in [2.05, 4.69) is 28.3 Å². The van der Waals surface area contributed by atoms with Crippen LogP contribution in [-0.2, 0) is 16.1 Å². The molecule has 24 heavy (non-hydrogen) atoms. The molecule has 1 atom stereocenters. The minimum atomic E-state index is 0.0330. The molecule has 1 amide bonds. The van der Waals surface area contributed by atoms with E-state index < -0.39 is 0 Å². The van der Waals surface area contributed by atoms with Crippen molar-refractivity contribution in [3.8, 4) is 0 Å². The zero-order chi connectivity index (χ0) is 16.9. The molecule has 2 aliphatic heterocycles. The summed E-state index contributed by atoms with van der Waals surface area (Å²) >= 11 is 0. The molecule has 0 saturated carbocycles. The van der Waals surface area contributed by atoms with E-state index in [0.717, 1.165) is 64.3 Å². The molecule has 2 N–H and O–H groups in total. The SMILES string of the molecule is CCC1COCCN1Cc1cn(C2CCN(C(=O)CN)CC2)nn1. The third kappa shape index (κ3) is 3.93. The molecule has 8 nitrogen and oxygen atoms in total. The highest BCUT2D eigenvalue weighted by molar-refractivity contribution is 5.78. The summed E-state index contributed by atoms with van der Waals surface area (Å²) in [6.45, 7) is 7.15. The first-order valence-electron chi connectivity index (χ1n) is 8.91. The number of carbonyl (C=O) groups excluding carboxylic acids is 1. The average Bonchev–Trinajstić information content (AvgIpc) is 3.10. The van der Waals surface area contributed by atoms with E-state index in [4.69, 9.17) is 10.5 Å². The lowest BCUT2D eigenvalue weighted by molar-refractivity contribution is -0.130. The maximum Gasteiger partial charge on any atom is 0.236 e. The van der Waals surface area contributed by atoms with Crippen molar-refractivity contribution in [2.75, 3.05) is 39.4 Å². The van der Waals surface area contributed by atoms with Gasteiger partial charge in [0.1, 0.15) is 0 Å². The predicted molar refractivity (Wildman–Crippen MR) is 89.2 cm³/mol. The Morgan fingerprint density at radius 2 is 2.17 bits per heavy atom. The van der Waals surface area contributed by atoms with E-state index in [1.54, 1.807) is 0 Å². The number of hydrogen-bond donors (Lipinski definition) is 1. The smallest absolute Gasteiger partial charge is 0.236 e. The largest absolute Gasteiger partial charge is 0.378 e. The highest BCUT2D eigenvalue weighted by Gasteiger charge is 2.25. The summed E-state index contributed by atoms with van der Waals surface area (Å²) in [6, 6.07) is 0.786. The van der Waals surface area contributed by atoms with Crippen molar-refractivity contribution in [2.45, 2.75) is 44.8 Å². The fourth-order valence-corrected chi connectivity index (χ4v) is 3.55. The van der Waals surface area contributed by atoms with Gasteiger partial charge in [0.15, 0.2) is 0 Å². The van der Waals surface area contributed by atoms with Gasteiger partial charge in [-0.15, -0.1) is 5.10 Å². The fraction of sp³-hybridized carbons (Fsp3) is 0.812. The Morgan fingerprint density at radius 1 is 1.38 bits per heavy atom. The summed E-state index contributed by atoms with van der Waals surface area (Å²) in [7, 11) is 0. The Hall–Kier alpha value is -1.51. The van der Waals surface area contributed by atoms with Crippen molar-refractivity contribution < 1.29 is 9.53 Å². The Balaban J connectivity index is 1.55. The Morgan fingerprint density at radius 3 is 2.88 bits per heavy atom. The van der Waals surface area contributed by atoms with Gasteiger partial charge in [-0.1, -0.05) is 12.1 Å². The molecule has 134 valence electrons. The summed E-state index contributed by atoms with van der Waals surface area (Å²) in [4.78, 5) is 15.9. The van der Waals surface area contributed by atoms with Gasteiger partial charge in [0.2, 0.25) is 5.91 Å². The molecule has 0 bridgehead atoms. The van der Waals surface area contributed by atoms with Crippen LogP contribution in [0.4, 0.5) is 0 Å². The third-order valence-electron chi connectivity index (χ3n) is 5.11. The van der Waals surface area contributed by atoms with Gasteiger partial charge < -0.3 is 15.4 Å². The van der Waals surface area contributed by atoms with E-state index in [0.29, 0.717) is 12.1 Å².